The van der Waals surface area contributed by atoms with E-state index >= 15 is 0 Å². The van der Waals surface area contributed by atoms with Crippen LogP contribution in [-0.4, -0.2) is 52.3 Å². The van der Waals surface area contributed by atoms with Gasteiger partial charge in [0.25, 0.3) is 0 Å². The number of urea groups is 1. The first-order valence-electron chi connectivity index (χ1n) is 6.65. The van der Waals surface area contributed by atoms with Gasteiger partial charge in [0.2, 0.25) is 0 Å². The SMILES string of the molecule is O=C(O)C1CC(O)CN1C(=O)N1CCc2ccccc21. The molecule has 106 valence electrons. The first kappa shape index (κ1) is 12.9. The van der Waals surface area contributed by atoms with Crippen molar-refractivity contribution in [1.82, 2.24) is 4.90 Å². The molecule has 0 radical (unpaired) electrons. The number of carboxylic acids is 1. The molecule has 2 aliphatic heterocycles. The number of hydrogen-bond donors (Lipinski definition) is 2. The smallest absolute Gasteiger partial charge is 0.326 e. The van der Waals surface area contributed by atoms with E-state index in [-0.39, 0.29) is 19.0 Å². The standard InChI is InChI=1S/C14H16N2O4/c17-10-7-12(13(18)19)16(8-10)14(20)15-6-5-9-3-1-2-4-11(9)15/h1-4,10,12,17H,5-8H2,(H,18,19). The number of fused-ring (bicyclic) bond motifs is 1. The molecule has 2 amide bonds. The lowest BCUT2D eigenvalue weighted by Crippen LogP contribution is -2.47. The number of rotatable bonds is 1. The monoisotopic (exact) mass is 276 g/mol. The minimum Gasteiger partial charge on any atom is -0.480 e. The summed E-state index contributed by atoms with van der Waals surface area (Å²) in [5.74, 6) is -1.07. The fourth-order valence-corrected chi connectivity index (χ4v) is 2.95. The Labute approximate surface area is 116 Å². The van der Waals surface area contributed by atoms with Gasteiger partial charge in [-0.2, -0.15) is 0 Å². The number of β-amino-alcohol motifs (C(OH)–C–C–N with tert-alkyl or cyclic N) is 1. The number of aliphatic carboxylic acids is 1. The molecular formula is C14H16N2O4. The number of anilines is 1. The predicted molar refractivity (Wildman–Crippen MR) is 71.6 cm³/mol. The van der Waals surface area contributed by atoms with Gasteiger partial charge in [0.1, 0.15) is 6.04 Å². The maximum absolute atomic E-state index is 12.5. The molecule has 3 rings (SSSR count). The first-order chi connectivity index (χ1) is 9.58. The van der Waals surface area contributed by atoms with E-state index in [1.165, 1.54) is 4.90 Å². The molecular weight excluding hydrogens is 260 g/mol. The highest BCUT2D eigenvalue weighted by atomic mass is 16.4. The average Bonchev–Trinajstić information content (AvgIpc) is 3.01. The van der Waals surface area contributed by atoms with Crippen LogP contribution in [0.2, 0.25) is 0 Å². The fourth-order valence-electron chi connectivity index (χ4n) is 2.95. The summed E-state index contributed by atoms with van der Waals surface area (Å²) in [6, 6.07) is 6.34. The van der Waals surface area contributed by atoms with Gasteiger partial charge in [0, 0.05) is 25.2 Å². The number of hydrogen-bond acceptors (Lipinski definition) is 3. The third kappa shape index (κ3) is 2.02. The molecule has 2 aliphatic rings. The maximum Gasteiger partial charge on any atom is 0.326 e. The molecule has 2 atom stereocenters. The zero-order valence-corrected chi connectivity index (χ0v) is 10.9. The van der Waals surface area contributed by atoms with Crippen molar-refractivity contribution < 1.29 is 19.8 Å². The number of carbonyl (C=O) groups excluding carboxylic acids is 1. The average molecular weight is 276 g/mol. The Morgan fingerprint density at radius 3 is 2.75 bits per heavy atom. The fraction of sp³-hybridized carbons (Fsp3) is 0.429. The van der Waals surface area contributed by atoms with Crippen molar-refractivity contribution in [3.63, 3.8) is 0 Å². The zero-order chi connectivity index (χ0) is 14.3. The van der Waals surface area contributed by atoms with Crippen LogP contribution in [0.5, 0.6) is 0 Å². The highest BCUT2D eigenvalue weighted by Crippen LogP contribution is 2.30. The number of carbonyl (C=O) groups is 2. The molecule has 1 aromatic carbocycles. The van der Waals surface area contributed by atoms with E-state index in [4.69, 9.17) is 5.11 Å². The largest absolute Gasteiger partial charge is 0.480 e. The van der Waals surface area contributed by atoms with Gasteiger partial charge in [0.05, 0.1) is 6.10 Å². The molecule has 1 aromatic rings. The molecule has 2 heterocycles. The molecule has 2 N–H and O–H groups in total. The summed E-state index contributed by atoms with van der Waals surface area (Å²) in [7, 11) is 0. The maximum atomic E-state index is 12.5. The van der Waals surface area contributed by atoms with Crippen molar-refractivity contribution in [3.8, 4) is 0 Å². The number of aliphatic hydroxyl groups is 1. The van der Waals surface area contributed by atoms with Gasteiger partial charge in [-0.15, -0.1) is 0 Å². The summed E-state index contributed by atoms with van der Waals surface area (Å²) in [5.41, 5.74) is 1.93. The van der Waals surface area contributed by atoms with Crippen LogP contribution < -0.4 is 4.90 Å². The van der Waals surface area contributed by atoms with E-state index in [1.807, 2.05) is 24.3 Å². The number of amides is 2. The Hall–Kier alpha value is -2.08. The number of benzene rings is 1. The summed E-state index contributed by atoms with van der Waals surface area (Å²) in [4.78, 5) is 26.6. The van der Waals surface area contributed by atoms with Crippen LogP contribution in [0.3, 0.4) is 0 Å². The topological polar surface area (TPSA) is 81.1 Å². The third-order valence-corrected chi connectivity index (χ3v) is 3.93. The van der Waals surface area contributed by atoms with Gasteiger partial charge in [-0.3, -0.25) is 4.90 Å². The first-order valence-corrected chi connectivity index (χ1v) is 6.65. The number of likely N-dealkylation sites (tertiary alicyclic amines) is 1. The molecule has 0 aliphatic carbocycles. The summed E-state index contributed by atoms with van der Waals surface area (Å²) < 4.78 is 0. The van der Waals surface area contributed by atoms with Crippen LogP contribution in [0.25, 0.3) is 0 Å². The van der Waals surface area contributed by atoms with Gasteiger partial charge in [-0.1, -0.05) is 18.2 Å². The number of aliphatic hydroxyl groups excluding tert-OH is 1. The van der Waals surface area contributed by atoms with Gasteiger partial charge in [0.15, 0.2) is 0 Å². The second-order valence-corrected chi connectivity index (χ2v) is 5.21. The molecule has 0 saturated carbocycles. The van der Waals surface area contributed by atoms with Gasteiger partial charge in [-0.25, -0.2) is 9.59 Å². The predicted octanol–water partition coefficient (Wildman–Crippen LogP) is 0.689. The minimum atomic E-state index is -1.07. The highest BCUT2D eigenvalue weighted by molar-refractivity contribution is 5.96. The molecule has 1 saturated heterocycles. The van der Waals surface area contributed by atoms with Crippen molar-refractivity contribution in [2.24, 2.45) is 0 Å². The van der Waals surface area contributed by atoms with Crippen LogP contribution in [0, 0.1) is 0 Å². The Morgan fingerprint density at radius 2 is 2.00 bits per heavy atom. The van der Waals surface area contributed by atoms with Crippen molar-refractivity contribution in [1.29, 1.82) is 0 Å². The normalized spacial score (nSPS) is 24.9. The Balaban J connectivity index is 1.85. The van der Waals surface area contributed by atoms with Crippen molar-refractivity contribution in [2.45, 2.75) is 25.0 Å². The summed E-state index contributed by atoms with van der Waals surface area (Å²) in [6.07, 6.45) is 0.102. The highest BCUT2D eigenvalue weighted by Gasteiger charge is 2.41. The molecule has 0 bridgehead atoms. The Kier molecular flexibility index (Phi) is 3.10. The van der Waals surface area contributed by atoms with Crippen LogP contribution in [-0.2, 0) is 11.2 Å². The summed E-state index contributed by atoms with van der Waals surface area (Å²) in [5, 5.41) is 18.8. The summed E-state index contributed by atoms with van der Waals surface area (Å²) >= 11 is 0. The lowest BCUT2D eigenvalue weighted by Gasteiger charge is -2.27. The second-order valence-electron chi connectivity index (χ2n) is 5.21. The molecule has 0 aromatic heterocycles. The van der Waals surface area contributed by atoms with Crippen molar-refractivity contribution in [3.05, 3.63) is 29.8 Å². The lowest BCUT2D eigenvalue weighted by molar-refractivity contribution is -0.141. The van der Waals surface area contributed by atoms with Crippen LogP contribution in [0.4, 0.5) is 10.5 Å². The molecule has 6 heteroatoms. The van der Waals surface area contributed by atoms with E-state index in [9.17, 15) is 14.7 Å². The quantitative estimate of drug-likeness (QED) is 0.790. The second kappa shape index (κ2) is 4.79. The van der Waals surface area contributed by atoms with E-state index in [0.29, 0.717) is 6.54 Å². The van der Waals surface area contributed by atoms with Crippen molar-refractivity contribution >= 4 is 17.7 Å². The number of carboxylic acid groups (broad SMARTS) is 1. The molecule has 20 heavy (non-hydrogen) atoms. The van der Waals surface area contributed by atoms with Crippen LogP contribution in [0.1, 0.15) is 12.0 Å². The van der Waals surface area contributed by atoms with E-state index in [0.717, 1.165) is 17.7 Å². The van der Waals surface area contributed by atoms with E-state index < -0.39 is 18.1 Å². The molecule has 6 nitrogen and oxygen atoms in total. The Morgan fingerprint density at radius 1 is 1.25 bits per heavy atom. The van der Waals surface area contributed by atoms with Crippen LogP contribution >= 0.6 is 0 Å². The molecule has 0 spiro atoms. The number of nitrogens with zero attached hydrogens (tertiary/aromatic N) is 2. The van der Waals surface area contributed by atoms with Crippen LogP contribution in [0.15, 0.2) is 24.3 Å². The van der Waals surface area contributed by atoms with Gasteiger partial charge >= 0.3 is 12.0 Å². The Bertz CT molecular complexity index is 560. The van der Waals surface area contributed by atoms with Gasteiger partial charge in [-0.05, 0) is 18.1 Å². The minimum absolute atomic E-state index is 0.0778. The zero-order valence-electron chi connectivity index (χ0n) is 10.9. The van der Waals surface area contributed by atoms with E-state index in [1.54, 1.807) is 4.90 Å². The third-order valence-electron chi connectivity index (χ3n) is 3.93. The van der Waals surface area contributed by atoms with E-state index in [2.05, 4.69) is 0 Å². The summed E-state index contributed by atoms with van der Waals surface area (Å²) in [6.45, 7) is 0.631. The lowest BCUT2D eigenvalue weighted by atomic mass is 10.2. The number of para-hydroxylation sites is 1. The van der Waals surface area contributed by atoms with Crippen molar-refractivity contribution in [2.75, 3.05) is 18.0 Å². The van der Waals surface area contributed by atoms with Gasteiger partial charge < -0.3 is 15.1 Å². The molecule has 1 fully saturated rings. The molecule has 2 unspecified atom stereocenters.